The third kappa shape index (κ3) is 3.70. The van der Waals surface area contributed by atoms with E-state index < -0.39 is 5.97 Å². The van der Waals surface area contributed by atoms with Gasteiger partial charge in [-0.25, -0.2) is 9.18 Å². The number of rotatable bonds is 6. The third-order valence-electron chi connectivity index (χ3n) is 1.99. The summed E-state index contributed by atoms with van der Waals surface area (Å²) in [7, 11) is 0. The fourth-order valence-corrected chi connectivity index (χ4v) is 2.10. The molecule has 0 atom stereocenters. The van der Waals surface area contributed by atoms with E-state index in [1.54, 1.807) is 0 Å². The maximum absolute atomic E-state index is 13.3. The maximum Gasteiger partial charge on any atom is 0.335 e. The summed E-state index contributed by atoms with van der Waals surface area (Å²) in [5, 5.41) is 8.76. The first-order valence-electron chi connectivity index (χ1n) is 4.91. The summed E-state index contributed by atoms with van der Waals surface area (Å²) in [4.78, 5) is 11.1. The molecule has 0 fully saturated rings. The molecular weight excluding hydrogens is 227 g/mol. The zero-order valence-electron chi connectivity index (χ0n) is 8.78. The number of hydrogen-bond acceptors (Lipinski definition) is 2. The molecule has 0 bridgehead atoms. The van der Waals surface area contributed by atoms with Crippen molar-refractivity contribution in [2.24, 2.45) is 0 Å². The van der Waals surface area contributed by atoms with Gasteiger partial charge in [0.05, 0.1) is 5.56 Å². The zero-order chi connectivity index (χ0) is 12.0. The van der Waals surface area contributed by atoms with Gasteiger partial charge in [-0.3, -0.25) is 0 Å². The number of carbonyl (C=O) groups is 1. The van der Waals surface area contributed by atoms with Gasteiger partial charge in [0.2, 0.25) is 0 Å². The smallest absolute Gasteiger partial charge is 0.335 e. The molecule has 0 aliphatic heterocycles. The average Bonchev–Trinajstić information content (AvgIpc) is 2.26. The number of unbranched alkanes of at least 4 members (excludes halogenated alkanes) is 1. The minimum Gasteiger partial charge on any atom is -0.478 e. The van der Waals surface area contributed by atoms with Crippen LogP contribution in [0.25, 0.3) is 0 Å². The lowest BCUT2D eigenvalue weighted by molar-refractivity contribution is 0.0696. The highest BCUT2D eigenvalue weighted by molar-refractivity contribution is 7.99. The number of hydrogen-bond donors (Lipinski definition) is 1. The first-order chi connectivity index (χ1) is 7.65. The van der Waals surface area contributed by atoms with Crippen molar-refractivity contribution < 1.29 is 14.3 Å². The van der Waals surface area contributed by atoms with Gasteiger partial charge in [-0.2, -0.15) is 0 Å². The second-order valence-corrected chi connectivity index (χ2v) is 4.37. The Morgan fingerprint density at radius 1 is 1.56 bits per heavy atom. The van der Waals surface area contributed by atoms with Crippen LogP contribution in [0.5, 0.6) is 0 Å². The van der Waals surface area contributed by atoms with Gasteiger partial charge in [-0.05, 0) is 36.8 Å². The minimum absolute atomic E-state index is 0.118. The van der Waals surface area contributed by atoms with E-state index in [2.05, 4.69) is 6.58 Å². The Labute approximate surface area is 98.2 Å². The molecule has 1 rings (SSSR count). The minimum atomic E-state index is -1.03. The maximum atomic E-state index is 13.3. The molecule has 86 valence electrons. The lowest BCUT2D eigenvalue weighted by atomic mass is 10.2. The van der Waals surface area contributed by atoms with Crippen LogP contribution in [0.3, 0.4) is 0 Å². The predicted molar refractivity (Wildman–Crippen MR) is 63.5 cm³/mol. The quantitative estimate of drug-likeness (QED) is 0.469. The Balaban J connectivity index is 2.66. The molecule has 1 N–H and O–H groups in total. The summed E-state index contributed by atoms with van der Waals surface area (Å²) >= 11 is 1.33. The Morgan fingerprint density at radius 2 is 2.31 bits per heavy atom. The van der Waals surface area contributed by atoms with E-state index in [1.807, 2.05) is 6.08 Å². The summed E-state index contributed by atoms with van der Waals surface area (Å²) in [6, 6.07) is 3.83. The van der Waals surface area contributed by atoms with Crippen molar-refractivity contribution in [1.82, 2.24) is 0 Å². The summed E-state index contributed by atoms with van der Waals surface area (Å²) in [6.07, 6.45) is 3.60. The van der Waals surface area contributed by atoms with Gasteiger partial charge in [0.25, 0.3) is 0 Å². The van der Waals surface area contributed by atoms with Crippen molar-refractivity contribution in [1.29, 1.82) is 0 Å². The molecule has 0 unspecified atom stereocenters. The van der Waals surface area contributed by atoms with Gasteiger partial charge in [0.1, 0.15) is 5.82 Å². The van der Waals surface area contributed by atoms with E-state index in [0.717, 1.165) is 18.6 Å². The largest absolute Gasteiger partial charge is 0.478 e. The van der Waals surface area contributed by atoms with E-state index >= 15 is 0 Å². The standard InChI is InChI=1S/C12H13FO2S/c1-2-3-4-7-16-11-8-9(12(14)15)5-6-10(11)13/h2,5-6,8H,1,3-4,7H2,(H,14,15). The van der Waals surface area contributed by atoms with Crippen LogP contribution in [0.15, 0.2) is 35.7 Å². The number of allylic oxidation sites excluding steroid dienone is 1. The predicted octanol–water partition coefficient (Wildman–Crippen LogP) is 3.58. The summed E-state index contributed by atoms with van der Waals surface area (Å²) < 4.78 is 13.3. The van der Waals surface area contributed by atoms with Crippen LogP contribution in [-0.2, 0) is 0 Å². The van der Waals surface area contributed by atoms with E-state index in [9.17, 15) is 9.18 Å². The number of thioether (sulfide) groups is 1. The van der Waals surface area contributed by atoms with Crippen molar-refractivity contribution in [2.45, 2.75) is 17.7 Å². The highest BCUT2D eigenvalue weighted by Crippen LogP contribution is 2.24. The Morgan fingerprint density at radius 3 is 2.94 bits per heavy atom. The van der Waals surface area contributed by atoms with Crippen molar-refractivity contribution in [3.05, 3.63) is 42.2 Å². The van der Waals surface area contributed by atoms with Gasteiger partial charge in [0, 0.05) is 4.90 Å². The summed E-state index contributed by atoms with van der Waals surface area (Å²) in [5.74, 6) is -0.645. The molecule has 0 amide bonds. The highest BCUT2D eigenvalue weighted by atomic mass is 32.2. The van der Waals surface area contributed by atoms with Crippen molar-refractivity contribution in [2.75, 3.05) is 5.75 Å². The van der Waals surface area contributed by atoms with Crippen LogP contribution in [-0.4, -0.2) is 16.8 Å². The fourth-order valence-electron chi connectivity index (χ4n) is 1.16. The van der Waals surface area contributed by atoms with E-state index in [-0.39, 0.29) is 11.4 Å². The third-order valence-corrected chi connectivity index (χ3v) is 3.10. The molecular formula is C12H13FO2S. The summed E-state index contributed by atoms with van der Waals surface area (Å²) in [5.41, 5.74) is 0.118. The topological polar surface area (TPSA) is 37.3 Å². The van der Waals surface area contributed by atoms with Gasteiger partial charge < -0.3 is 5.11 Å². The van der Waals surface area contributed by atoms with E-state index in [1.165, 1.54) is 30.0 Å². The SMILES string of the molecule is C=CCCCSc1cc(C(=O)O)ccc1F. The number of aromatic carboxylic acids is 1. The highest BCUT2D eigenvalue weighted by Gasteiger charge is 2.08. The van der Waals surface area contributed by atoms with Gasteiger partial charge >= 0.3 is 5.97 Å². The van der Waals surface area contributed by atoms with Gasteiger partial charge in [0.15, 0.2) is 0 Å². The van der Waals surface area contributed by atoms with Crippen molar-refractivity contribution in [3.63, 3.8) is 0 Å². The monoisotopic (exact) mass is 240 g/mol. The first-order valence-corrected chi connectivity index (χ1v) is 5.90. The van der Waals surface area contributed by atoms with Gasteiger partial charge in [-0.15, -0.1) is 18.3 Å². The van der Waals surface area contributed by atoms with Crippen LogP contribution in [0, 0.1) is 5.82 Å². The number of carboxylic acids is 1. The molecule has 0 spiro atoms. The summed E-state index contributed by atoms with van der Waals surface area (Å²) in [6.45, 7) is 3.60. The molecule has 16 heavy (non-hydrogen) atoms. The average molecular weight is 240 g/mol. The Hall–Kier alpha value is -1.29. The van der Waals surface area contributed by atoms with Crippen LogP contribution in [0.1, 0.15) is 23.2 Å². The van der Waals surface area contributed by atoms with Crippen molar-refractivity contribution in [3.8, 4) is 0 Å². The number of carboxylic acid groups (broad SMARTS) is 1. The number of benzene rings is 1. The first kappa shape index (κ1) is 12.8. The lowest BCUT2D eigenvalue weighted by Crippen LogP contribution is -1.97. The van der Waals surface area contributed by atoms with Crippen LogP contribution in [0.4, 0.5) is 4.39 Å². The molecule has 0 saturated carbocycles. The zero-order valence-corrected chi connectivity index (χ0v) is 9.60. The van der Waals surface area contributed by atoms with E-state index in [4.69, 9.17) is 5.11 Å². The molecule has 1 aromatic carbocycles. The molecule has 4 heteroatoms. The van der Waals surface area contributed by atoms with Crippen molar-refractivity contribution >= 4 is 17.7 Å². The molecule has 0 aliphatic carbocycles. The molecule has 0 heterocycles. The van der Waals surface area contributed by atoms with E-state index in [0.29, 0.717) is 4.90 Å². The number of halogens is 1. The van der Waals surface area contributed by atoms with Crippen LogP contribution in [0.2, 0.25) is 0 Å². The fraction of sp³-hybridized carbons (Fsp3) is 0.250. The molecule has 0 saturated heterocycles. The second kappa shape index (κ2) is 6.33. The lowest BCUT2D eigenvalue weighted by Gasteiger charge is -2.03. The second-order valence-electron chi connectivity index (χ2n) is 3.23. The Bertz CT molecular complexity index is 391. The molecule has 0 radical (unpaired) electrons. The molecule has 0 aliphatic rings. The Kier molecular flexibility index (Phi) is 5.05. The molecule has 0 aromatic heterocycles. The molecule has 1 aromatic rings. The van der Waals surface area contributed by atoms with Gasteiger partial charge in [-0.1, -0.05) is 6.08 Å². The van der Waals surface area contributed by atoms with Crippen LogP contribution < -0.4 is 0 Å². The van der Waals surface area contributed by atoms with Crippen LogP contribution >= 0.6 is 11.8 Å². The normalized spacial score (nSPS) is 10.1. The molecule has 2 nitrogen and oxygen atoms in total.